The molecular formula is C13H16ClN5O3. The van der Waals surface area contributed by atoms with Crippen LogP contribution in [0.15, 0.2) is 23.4 Å². The highest BCUT2D eigenvalue weighted by atomic mass is 35.5. The molecule has 0 aliphatic rings. The van der Waals surface area contributed by atoms with Gasteiger partial charge in [0, 0.05) is 26.5 Å². The lowest BCUT2D eigenvalue weighted by Gasteiger charge is -2.07. The minimum Gasteiger partial charge on any atom is -0.385 e. The predicted molar refractivity (Wildman–Crippen MR) is 79.8 cm³/mol. The molecule has 2 aromatic rings. The van der Waals surface area contributed by atoms with Crippen LogP contribution in [-0.2, 0) is 17.8 Å². The van der Waals surface area contributed by atoms with Gasteiger partial charge in [-0.05, 0) is 12.5 Å². The van der Waals surface area contributed by atoms with Gasteiger partial charge in [-0.1, -0.05) is 11.6 Å². The lowest BCUT2D eigenvalue weighted by molar-refractivity contribution is 0.0949. The van der Waals surface area contributed by atoms with Gasteiger partial charge in [0.25, 0.3) is 11.5 Å². The van der Waals surface area contributed by atoms with Crippen LogP contribution in [0.4, 0.5) is 0 Å². The highest BCUT2D eigenvalue weighted by Crippen LogP contribution is 2.04. The van der Waals surface area contributed by atoms with Gasteiger partial charge in [0.05, 0.1) is 12.1 Å². The Morgan fingerprint density at radius 1 is 1.55 bits per heavy atom. The Morgan fingerprint density at radius 3 is 3.09 bits per heavy atom. The number of ether oxygens (including phenoxy) is 1. The van der Waals surface area contributed by atoms with Crippen LogP contribution >= 0.6 is 11.6 Å². The second-order valence-electron chi connectivity index (χ2n) is 4.54. The standard InChI is InChI=1S/C13H16ClN5O3/c1-22-4-2-3-19-8-17-18-11(19)7-16-12(20)9-5-10(14)13(21)15-6-9/h5-6,8H,2-4,7H2,1H3,(H,15,21)(H,16,20). The number of H-pyrrole nitrogens is 1. The average molecular weight is 326 g/mol. The van der Waals surface area contributed by atoms with E-state index in [2.05, 4.69) is 20.5 Å². The van der Waals surface area contributed by atoms with E-state index in [9.17, 15) is 9.59 Å². The van der Waals surface area contributed by atoms with E-state index in [1.807, 2.05) is 4.57 Å². The summed E-state index contributed by atoms with van der Waals surface area (Å²) in [4.78, 5) is 25.6. The van der Waals surface area contributed by atoms with Crippen molar-refractivity contribution < 1.29 is 9.53 Å². The fraction of sp³-hybridized carbons (Fsp3) is 0.385. The molecule has 118 valence electrons. The fourth-order valence-electron chi connectivity index (χ4n) is 1.83. The van der Waals surface area contributed by atoms with Gasteiger partial charge >= 0.3 is 0 Å². The minimum atomic E-state index is -0.434. The first kappa shape index (κ1) is 16.2. The lowest BCUT2D eigenvalue weighted by Crippen LogP contribution is -2.25. The van der Waals surface area contributed by atoms with Crippen molar-refractivity contribution in [1.82, 2.24) is 25.1 Å². The number of aromatic nitrogens is 4. The first-order chi connectivity index (χ1) is 10.6. The van der Waals surface area contributed by atoms with E-state index < -0.39 is 5.56 Å². The number of halogens is 1. The molecule has 22 heavy (non-hydrogen) atoms. The third-order valence-electron chi connectivity index (χ3n) is 2.97. The van der Waals surface area contributed by atoms with Crippen molar-refractivity contribution >= 4 is 17.5 Å². The lowest BCUT2D eigenvalue weighted by atomic mass is 10.2. The number of rotatable bonds is 7. The Morgan fingerprint density at radius 2 is 2.36 bits per heavy atom. The summed E-state index contributed by atoms with van der Waals surface area (Å²) in [5.41, 5.74) is -0.161. The molecule has 1 amide bonds. The van der Waals surface area contributed by atoms with Gasteiger partial charge in [0.2, 0.25) is 0 Å². The number of hydrogen-bond donors (Lipinski definition) is 2. The predicted octanol–water partition coefficient (Wildman–Crippen LogP) is 0.586. The molecule has 0 unspecified atom stereocenters. The number of methoxy groups -OCH3 is 1. The van der Waals surface area contributed by atoms with E-state index in [4.69, 9.17) is 16.3 Å². The molecule has 0 atom stereocenters. The minimum absolute atomic E-state index is 0.0321. The Bertz CT molecular complexity index is 697. The van der Waals surface area contributed by atoms with E-state index >= 15 is 0 Å². The summed E-state index contributed by atoms with van der Waals surface area (Å²) in [5.74, 6) is 0.282. The average Bonchev–Trinajstić information content (AvgIpc) is 2.95. The third kappa shape index (κ3) is 4.15. The topological polar surface area (TPSA) is 102 Å². The van der Waals surface area contributed by atoms with Crippen LogP contribution in [0.5, 0.6) is 0 Å². The summed E-state index contributed by atoms with van der Waals surface area (Å²) in [5, 5.41) is 10.5. The van der Waals surface area contributed by atoms with Crippen molar-refractivity contribution in [1.29, 1.82) is 0 Å². The molecule has 0 saturated heterocycles. The fourth-order valence-corrected chi connectivity index (χ4v) is 2.00. The summed E-state index contributed by atoms with van der Waals surface area (Å²) in [7, 11) is 1.64. The van der Waals surface area contributed by atoms with E-state index in [1.165, 1.54) is 12.3 Å². The van der Waals surface area contributed by atoms with Crippen LogP contribution in [0.3, 0.4) is 0 Å². The number of aromatic amines is 1. The number of aryl methyl sites for hydroxylation is 1. The number of pyridine rings is 1. The van der Waals surface area contributed by atoms with Crippen LogP contribution in [0.25, 0.3) is 0 Å². The van der Waals surface area contributed by atoms with Gasteiger partial charge in [0.1, 0.15) is 11.3 Å². The highest BCUT2D eigenvalue weighted by molar-refractivity contribution is 6.30. The van der Waals surface area contributed by atoms with Crippen molar-refractivity contribution in [2.45, 2.75) is 19.5 Å². The Hall–Kier alpha value is -2.19. The first-order valence-corrected chi connectivity index (χ1v) is 7.01. The molecule has 0 aliphatic heterocycles. The molecule has 2 N–H and O–H groups in total. The largest absolute Gasteiger partial charge is 0.385 e. The quantitative estimate of drug-likeness (QED) is 0.725. The third-order valence-corrected chi connectivity index (χ3v) is 3.25. The SMILES string of the molecule is COCCCn1cnnc1CNC(=O)c1c[nH]c(=O)c(Cl)c1. The number of carbonyl (C=O) groups excluding carboxylic acids is 1. The van der Waals surface area contributed by atoms with E-state index in [-0.39, 0.29) is 23.0 Å². The van der Waals surface area contributed by atoms with E-state index in [1.54, 1.807) is 13.4 Å². The zero-order chi connectivity index (χ0) is 15.9. The molecule has 0 bridgehead atoms. The molecule has 2 aromatic heterocycles. The molecule has 9 heteroatoms. The Balaban J connectivity index is 1.95. The summed E-state index contributed by atoms with van der Waals surface area (Å²) < 4.78 is 6.84. The van der Waals surface area contributed by atoms with E-state index in [0.717, 1.165) is 6.42 Å². The van der Waals surface area contributed by atoms with Crippen molar-refractivity contribution in [3.8, 4) is 0 Å². The monoisotopic (exact) mass is 325 g/mol. The van der Waals surface area contributed by atoms with Gasteiger partial charge in [-0.2, -0.15) is 0 Å². The van der Waals surface area contributed by atoms with Crippen LogP contribution in [0, 0.1) is 0 Å². The Labute approximate surface area is 131 Å². The van der Waals surface area contributed by atoms with Gasteiger partial charge < -0.3 is 19.6 Å². The molecule has 0 saturated carbocycles. The van der Waals surface area contributed by atoms with Crippen LogP contribution in [0.1, 0.15) is 22.6 Å². The molecular weight excluding hydrogens is 310 g/mol. The van der Waals surface area contributed by atoms with E-state index in [0.29, 0.717) is 19.0 Å². The summed E-state index contributed by atoms with van der Waals surface area (Å²) in [6, 6.07) is 1.32. The number of hydrogen-bond acceptors (Lipinski definition) is 5. The number of carbonyl (C=O) groups is 1. The molecule has 8 nitrogen and oxygen atoms in total. The molecule has 0 fully saturated rings. The summed E-state index contributed by atoms with van der Waals surface area (Å²) >= 11 is 5.69. The highest BCUT2D eigenvalue weighted by Gasteiger charge is 2.10. The van der Waals surface area contributed by atoms with Gasteiger partial charge in [-0.15, -0.1) is 10.2 Å². The van der Waals surface area contributed by atoms with Crippen LogP contribution in [0.2, 0.25) is 5.02 Å². The van der Waals surface area contributed by atoms with Gasteiger partial charge in [-0.25, -0.2) is 0 Å². The zero-order valence-corrected chi connectivity index (χ0v) is 12.8. The number of amides is 1. The van der Waals surface area contributed by atoms with Crippen LogP contribution < -0.4 is 10.9 Å². The van der Waals surface area contributed by atoms with Crippen molar-refractivity contribution in [3.63, 3.8) is 0 Å². The smallest absolute Gasteiger partial charge is 0.266 e. The van der Waals surface area contributed by atoms with Crippen molar-refractivity contribution in [2.75, 3.05) is 13.7 Å². The molecule has 0 aromatic carbocycles. The summed E-state index contributed by atoms with van der Waals surface area (Å²) in [6.45, 7) is 1.57. The van der Waals surface area contributed by atoms with Crippen LogP contribution in [-0.4, -0.2) is 39.4 Å². The second-order valence-corrected chi connectivity index (χ2v) is 4.94. The second kappa shape index (κ2) is 7.71. The maximum absolute atomic E-state index is 12.0. The molecule has 0 aliphatic carbocycles. The van der Waals surface area contributed by atoms with Crippen molar-refractivity contribution in [2.24, 2.45) is 0 Å². The number of nitrogens with zero attached hydrogens (tertiary/aromatic N) is 3. The number of nitrogens with one attached hydrogen (secondary N) is 2. The normalized spacial score (nSPS) is 10.6. The first-order valence-electron chi connectivity index (χ1n) is 6.64. The molecule has 0 spiro atoms. The zero-order valence-electron chi connectivity index (χ0n) is 12.0. The molecule has 2 heterocycles. The van der Waals surface area contributed by atoms with Gasteiger partial charge in [0.15, 0.2) is 5.82 Å². The maximum atomic E-state index is 12.0. The maximum Gasteiger partial charge on any atom is 0.266 e. The Kier molecular flexibility index (Phi) is 5.68. The molecule has 2 rings (SSSR count). The van der Waals surface area contributed by atoms with Crippen molar-refractivity contribution in [3.05, 3.63) is 45.4 Å². The van der Waals surface area contributed by atoms with Gasteiger partial charge in [-0.3, -0.25) is 9.59 Å². The molecule has 0 radical (unpaired) electrons. The summed E-state index contributed by atoms with van der Waals surface area (Å²) in [6.07, 6.45) is 3.74.